The molecule has 0 saturated heterocycles. The SMILES string of the molecule is CCOC(=O)c1ccn(C(=O)OCC)c1. The van der Waals surface area contributed by atoms with Gasteiger partial charge in [0.2, 0.25) is 0 Å². The number of nitrogens with zero attached hydrogens (tertiary/aromatic N) is 1. The van der Waals surface area contributed by atoms with E-state index in [1.54, 1.807) is 13.8 Å². The Bertz CT molecular complexity index is 324. The summed E-state index contributed by atoms with van der Waals surface area (Å²) >= 11 is 0. The second kappa shape index (κ2) is 5.19. The van der Waals surface area contributed by atoms with Crippen LogP contribution in [0.5, 0.6) is 0 Å². The maximum absolute atomic E-state index is 11.3. The second-order valence-electron chi connectivity index (χ2n) is 2.73. The van der Waals surface area contributed by atoms with Gasteiger partial charge >= 0.3 is 12.1 Å². The summed E-state index contributed by atoms with van der Waals surface area (Å²) in [6, 6.07) is 1.51. The minimum absolute atomic E-state index is 0.297. The van der Waals surface area contributed by atoms with E-state index in [4.69, 9.17) is 9.47 Å². The van der Waals surface area contributed by atoms with Gasteiger partial charge in [-0.2, -0.15) is 0 Å². The van der Waals surface area contributed by atoms with Crippen molar-refractivity contribution in [3.05, 3.63) is 24.0 Å². The summed E-state index contributed by atoms with van der Waals surface area (Å²) < 4.78 is 10.7. The topological polar surface area (TPSA) is 57.5 Å². The summed E-state index contributed by atoms with van der Waals surface area (Å²) in [5.74, 6) is -0.444. The quantitative estimate of drug-likeness (QED) is 0.713. The zero-order chi connectivity index (χ0) is 11.3. The van der Waals surface area contributed by atoms with Crippen LogP contribution in [0.25, 0.3) is 0 Å². The predicted molar refractivity (Wildman–Crippen MR) is 52.8 cm³/mol. The molecule has 1 heterocycles. The third-order valence-corrected chi connectivity index (χ3v) is 1.68. The Kier molecular flexibility index (Phi) is 3.91. The minimum atomic E-state index is -0.506. The molecule has 0 unspecified atom stereocenters. The largest absolute Gasteiger partial charge is 0.462 e. The van der Waals surface area contributed by atoms with Crippen LogP contribution in [0.15, 0.2) is 18.5 Å². The van der Waals surface area contributed by atoms with Gasteiger partial charge in [0.1, 0.15) is 0 Å². The van der Waals surface area contributed by atoms with Gasteiger partial charge in [-0.3, -0.25) is 4.57 Å². The van der Waals surface area contributed by atoms with Gasteiger partial charge in [-0.15, -0.1) is 0 Å². The molecule has 1 aromatic rings. The van der Waals surface area contributed by atoms with E-state index in [-0.39, 0.29) is 0 Å². The Balaban J connectivity index is 2.71. The molecule has 0 aliphatic heterocycles. The monoisotopic (exact) mass is 211 g/mol. The van der Waals surface area contributed by atoms with Crippen LogP contribution in [0.1, 0.15) is 24.2 Å². The third-order valence-electron chi connectivity index (χ3n) is 1.68. The van der Waals surface area contributed by atoms with Crippen LogP contribution in [0.3, 0.4) is 0 Å². The van der Waals surface area contributed by atoms with Crippen LogP contribution in [0.4, 0.5) is 4.79 Å². The van der Waals surface area contributed by atoms with Crippen molar-refractivity contribution in [2.24, 2.45) is 0 Å². The first-order chi connectivity index (χ1) is 7.19. The molecule has 5 heteroatoms. The molecule has 0 aliphatic rings. The van der Waals surface area contributed by atoms with E-state index in [1.165, 1.54) is 23.0 Å². The van der Waals surface area contributed by atoms with E-state index in [1.807, 2.05) is 0 Å². The van der Waals surface area contributed by atoms with Crippen LogP contribution in [0, 0.1) is 0 Å². The zero-order valence-corrected chi connectivity index (χ0v) is 8.73. The fourth-order valence-corrected chi connectivity index (χ4v) is 1.04. The summed E-state index contributed by atoms with van der Waals surface area (Å²) in [6.45, 7) is 4.04. The van der Waals surface area contributed by atoms with E-state index >= 15 is 0 Å². The number of aromatic nitrogens is 1. The molecule has 0 saturated carbocycles. The highest BCUT2D eigenvalue weighted by atomic mass is 16.5. The van der Waals surface area contributed by atoms with Gasteiger partial charge in [0.25, 0.3) is 0 Å². The molecule has 0 aliphatic carbocycles. The molecule has 82 valence electrons. The number of hydrogen-bond donors (Lipinski definition) is 0. The Labute approximate surface area is 87.6 Å². The van der Waals surface area contributed by atoms with Crippen LogP contribution < -0.4 is 0 Å². The molecule has 5 nitrogen and oxygen atoms in total. The van der Waals surface area contributed by atoms with Crippen molar-refractivity contribution in [2.45, 2.75) is 13.8 Å². The number of rotatable bonds is 3. The van der Waals surface area contributed by atoms with E-state index in [9.17, 15) is 9.59 Å². The number of carbonyl (C=O) groups is 2. The van der Waals surface area contributed by atoms with Gasteiger partial charge in [-0.1, -0.05) is 0 Å². The van der Waals surface area contributed by atoms with Gasteiger partial charge in [0.05, 0.1) is 18.8 Å². The second-order valence-corrected chi connectivity index (χ2v) is 2.73. The Hall–Kier alpha value is -1.78. The molecule has 0 radical (unpaired) electrons. The molecule has 0 fully saturated rings. The lowest BCUT2D eigenvalue weighted by molar-refractivity contribution is 0.0526. The Morgan fingerprint density at radius 1 is 1.27 bits per heavy atom. The lowest BCUT2D eigenvalue weighted by Crippen LogP contribution is -2.11. The number of carbonyl (C=O) groups excluding carboxylic acids is 2. The molecule has 0 amide bonds. The van der Waals surface area contributed by atoms with Gasteiger partial charge < -0.3 is 9.47 Å². The average Bonchev–Trinajstić information content (AvgIpc) is 2.67. The molecule has 1 aromatic heterocycles. The highest BCUT2D eigenvalue weighted by Gasteiger charge is 2.11. The fraction of sp³-hybridized carbons (Fsp3) is 0.400. The van der Waals surface area contributed by atoms with Crippen molar-refractivity contribution >= 4 is 12.1 Å². The van der Waals surface area contributed by atoms with Crippen LogP contribution in [-0.2, 0) is 9.47 Å². The van der Waals surface area contributed by atoms with E-state index in [0.717, 1.165) is 0 Å². The standard InChI is InChI=1S/C10H13NO4/c1-3-14-9(12)8-5-6-11(7-8)10(13)15-4-2/h5-7H,3-4H2,1-2H3. The molecule has 0 aromatic carbocycles. The first-order valence-corrected chi connectivity index (χ1v) is 4.71. The maximum Gasteiger partial charge on any atom is 0.417 e. The van der Waals surface area contributed by atoms with Crippen molar-refractivity contribution in [1.82, 2.24) is 4.57 Å². The number of hydrogen-bond acceptors (Lipinski definition) is 4. The average molecular weight is 211 g/mol. The lowest BCUT2D eigenvalue weighted by atomic mass is 10.3. The highest BCUT2D eigenvalue weighted by molar-refractivity contribution is 5.90. The van der Waals surface area contributed by atoms with E-state index in [2.05, 4.69) is 0 Å². The first-order valence-electron chi connectivity index (χ1n) is 4.71. The van der Waals surface area contributed by atoms with Crippen LogP contribution >= 0.6 is 0 Å². The Morgan fingerprint density at radius 3 is 2.53 bits per heavy atom. The number of esters is 1. The van der Waals surface area contributed by atoms with E-state index in [0.29, 0.717) is 18.8 Å². The van der Waals surface area contributed by atoms with Gasteiger partial charge in [0.15, 0.2) is 0 Å². The number of ether oxygens (including phenoxy) is 2. The van der Waals surface area contributed by atoms with Crippen molar-refractivity contribution in [2.75, 3.05) is 13.2 Å². The summed E-state index contributed by atoms with van der Waals surface area (Å²) in [4.78, 5) is 22.5. The zero-order valence-electron chi connectivity index (χ0n) is 8.73. The molecular formula is C10H13NO4. The van der Waals surface area contributed by atoms with Crippen molar-refractivity contribution < 1.29 is 19.1 Å². The van der Waals surface area contributed by atoms with Gasteiger partial charge in [-0.05, 0) is 19.9 Å². The third kappa shape index (κ3) is 2.83. The predicted octanol–water partition coefficient (Wildman–Crippen LogP) is 1.67. The smallest absolute Gasteiger partial charge is 0.417 e. The summed E-state index contributed by atoms with van der Waals surface area (Å²) in [5.41, 5.74) is 0.338. The summed E-state index contributed by atoms with van der Waals surface area (Å²) in [5, 5.41) is 0. The van der Waals surface area contributed by atoms with Crippen molar-refractivity contribution in [1.29, 1.82) is 0 Å². The fourth-order valence-electron chi connectivity index (χ4n) is 1.04. The van der Waals surface area contributed by atoms with Crippen LogP contribution in [-0.4, -0.2) is 29.8 Å². The van der Waals surface area contributed by atoms with Crippen molar-refractivity contribution in [3.63, 3.8) is 0 Å². The minimum Gasteiger partial charge on any atom is -0.462 e. The van der Waals surface area contributed by atoms with Gasteiger partial charge in [-0.25, -0.2) is 9.59 Å². The maximum atomic E-state index is 11.3. The van der Waals surface area contributed by atoms with E-state index < -0.39 is 12.1 Å². The van der Waals surface area contributed by atoms with Crippen molar-refractivity contribution in [3.8, 4) is 0 Å². The molecule has 15 heavy (non-hydrogen) atoms. The lowest BCUT2D eigenvalue weighted by Gasteiger charge is -2.00. The van der Waals surface area contributed by atoms with Crippen LogP contribution in [0.2, 0.25) is 0 Å². The summed E-state index contributed by atoms with van der Waals surface area (Å²) in [7, 11) is 0. The molecular weight excluding hydrogens is 198 g/mol. The van der Waals surface area contributed by atoms with Gasteiger partial charge in [0, 0.05) is 12.4 Å². The first kappa shape index (κ1) is 11.3. The summed E-state index contributed by atoms with van der Waals surface area (Å²) in [6.07, 6.45) is 2.34. The Morgan fingerprint density at radius 2 is 1.93 bits per heavy atom. The molecule has 0 atom stereocenters. The molecule has 0 spiro atoms. The molecule has 0 N–H and O–H groups in total. The molecule has 0 bridgehead atoms. The molecule has 1 rings (SSSR count). The highest BCUT2D eigenvalue weighted by Crippen LogP contribution is 2.04. The normalized spacial score (nSPS) is 9.73.